The molecule has 0 aliphatic carbocycles. The zero-order chi connectivity index (χ0) is 13.3. The molecule has 18 heavy (non-hydrogen) atoms. The van der Waals surface area contributed by atoms with Crippen LogP contribution in [0.15, 0.2) is 24.4 Å². The van der Waals surface area contributed by atoms with Crippen LogP contribution in [-0.4, -0.2) is 14.9 Å². The fourth-order valence-corrected chi connectivity index (χ4v) is 2.16. The highest BCUT2D eigenvalue weighted by Gasteiger charge is 2.16. The van der Waals surface area contributed by atoms with Crippen molar-refractivity contribution in [3.8, 4) is 0 Å². The van der Waals surface area contributed by atoms with Gasteiger partial charge in [-0.15, -0.1) is 0 Å². The Balaban J connectivity index is 2.23. The van der Waals surface area contributed by atoms with Gasteiger partial charge in [-0.2, -0.15) is 5.10 Å². The van der Waals surface area contributed by atoms with Crippen molar-refractivity contribution in [2.45, 2.75) is 19.4 Å². The molecule has 1 unspecified atom stereocenters. The van der Waals surface area contributed by atoms with Crippen LogP contribution in [0.3, 0.4) is 0 Å². The van der Waals surface area contributed by atoms with Crippen LogP contribution in [0, 0.1) is 12.7 Å². The summed E-state index contributed by atoms with van der Waals surface area (Å²) in [5, 5.41) is 14.8. The highest BCUT2D eigenvalue weighted by atomic mass is 35.5. The largest absolute Gasteiger partial charge is 0.388 e. The molecular formula is C13H14ClFN2O. The summed E-state index contributed by atoms with van der Waals surface area (Å²) >= 11 is 5.97. The van der Waals surface area contributed by atoms with Gasteiger partial charge in [0, 0.05) is 30.3 Å². The van der Waals surface area contributed by atoms with Gasteiger partial charge in [-0.1, -0.05) is 11.6 Å². The number of aromatic nitrogens is 2. The first-order chi connectivity index (χ1) is 8.47. The first kappa shape index (κ1) is 13.1. The summed E-state index contributed by atoms with van der Waals surface area (Å²) < 4.78 is 14.8. The molecule has 0 bridgehead atoms. The number of halogens is 2. The van der Waals surface area contributed by atoms with Crippen LogP contribution >= 0.6 is 11.6 Å². The van der Waals surface area contributed by atoms with E-state index in [1.165, 1.54) is 18.2 Å². The molecule has 0 radical (unpaired) electrons. The van der Waals surface area contributed by atoms with E-state index >= 15 is 0 Å². The van der Waals surface area contributed by atoms with E-state index < -0.39 is 6.10 Å². The molecule has 5 heteroatoms. The highest BCUT2D eigenvalue weighted by Crippen LogP contribution is 2.25. The number of aliphatic hydroxyl groups excluding tert-OH is 1. The smallest absolute Gasteiger partial charge is 0.123 e. The average molecular weight is 269 g/mol. The molecule has 2 aromatic rings. The van der Waals surface area contributed by atoms with Gasteiger partial charge in [-0.25, -0.2) is 4.39 Å². The molecule has 1 aromatic heterocycles. The zero-order valence-electron chi connectivity index (χ0n) is 10.2. The molecule has 3 nitrogen and oxygen atoms in total. The van der Waals surface area contributed by atoms with Gasteiger partial charge in [-0.3, -0.25) is 4.68 Å². The fourth-order valence-electron chi connectivity index (χ4n) is 1.96. The SMILES string of the molecule is Cc1nn(C)cc1C(O)Cc1cc(F)ccc1Cl. The molecule has 0 fully saturated rings. The van der Waals surface area contributed by atoms with Crippen molar-refractivity contribution >= 4 is 11.6 Å². The number of aryl methyl sites for hydroxylation is 2. The van der Waals surface area contributed by atoms with Crippen molar-refractivity contribution in [3.63, 3.8) is 0 Å². The van der Waals surface area contributed by atoms with Gasteiger partial charge in [0.1, 0.15) is 5.82 Å². The average Bonchev–Trinajstić information content (AvgIpc) is 2.63. The molecule has 0 aliphatic heterocycles. The van der Waals surface area contributed by atoms with Crippen LogP contribution in [0.1, 0.15) is 22.9 Å². The summed E-state index contributed by atoms with van der Waals surface area (Å²) in [6, 6.07) is 4.14. The van der Waals surface area contributed by atoms with Crippen molar-refractivity contribution in [1.82, 2.24) is 9.78 Å². The summed E-state index contributed by atoms with van der Waals surface area (Å²) in [5.41, 5.74) is 2.09. The first-order valence-electron chi connectivity index (χ1n) is 5.59. The summed E-state index contributed by atoms with van der Waals surface area (Å²) in [5.74, 6) is -0.357. The summed E-state index contributed by atoms with van der Waals surface area (Å²) in [7, 11) is 1.79. The summed E-state index contributed by atoms with van der Waals surface area (Å²) in [6.45, 7) is 1.83. The van der Waals surface area contributed by atoms with E-state index in [0.29, 0.717) is 10.6 Å². The maximum Gasteiger partial charge on any atom is 0.123 e. The Morgan fingerprint density at radius 2 is 2.22 bits per heavy atom. The Hall–Kier alpha value is -1.39. The number of nitrogens with zero attached hydrogens (tertiary/aromatic N) is 2. The second-order valence-electron chi connectivity index (χ2n) is 4.30. The number of hydrogen-bond acceptors (Lipinski definition) is 2. The van der Waals surface area contributed by atoms with Crippen LogP contribution in [0.5, 0.6) is 0 Å². The minimum Gasteiger partial charge on any atom is -0.388 e. The number of aliphatic hydroxyl groups is 1. The Labute approximate surface area is 110 Å². The van der Waals surface area contributed by atoms with Crippen LogP contribution in [0.4, 0.5) is 4.39 Å². The third-order valence-corrected chi connectivity index (χ3v) is 3.20. The normalized spacial score (nSPS) is 12.7. The Kier molecular flexibility index (Phi) is 3.68. The zero-order valence-corrected chi connectivity index (χ0v) is 10.9. The Morgan fingerprint density at radius 3 is 2.83 bits per heavy atom. The van der Waals surface area contributed by atoms with E-state index in [9.17, 15) is 9.50 Å². The van der Waals surface area contributed by atoms with E-state index in [-0.39, 0.29) is 12.2 Å². The third-order valence-electron chi connectivity index (χ3n) is 2.83. The van der Waals surface area contributed by atoms with Gasteiger partial charge in [0.2, 0.25) is 0 Å². The van der Waals surface area contributed by atoms with Crippen molar-refractivity contribution in [2.75, 3.05) is 0 Å². The predicted octanol–water partition coefficient (Wildman–Crippen LogP) is 2.80. The highest BCUT2D eigenvalue weighted by molar-refractivity contribution is 6.31. The summed E-state index contributed by atoms with van der Waals surface area (Å²) in [4.78, 5) is 0. The lowest BCUT2D eigenvalue weighted by Crippen LogP contribution is -2.03. The molecule has 0 saturated heterocycles. The lowest BCUT2D eigenvalue weighted by atomic mass is 10.0. The van der Waals surface area contributed by atoms with Gasteiger partial charge in [0.25, 0.3) is 0 Å². The van der Waals surface area contributed by atoms with Crippen molar-refractivity contribution in [1.29, 1.82) is 0 Å². The van der Waals surface area contributed by atoms with Crippen molar-refractivity contribution < 1.29 is 9.50 Å². The van der Waals surface area contributed by atoms with Gasteiger partial charge < -0.3 is 5.11 Å². The molecule has 2 rings (SSSR count). The number of benzene rings is 1. The minimum absolute atomic E-state index is 0.267. The molecule has 1 heterocycles. The van der Waals surface area contributed by atoms with E-state index in [4.69, 9.17) is 11.6 Å². The maximum atomic E-state index is 13.1. The molecular weight excluding hydrogens is 255 g/mol. The van der Waals surface area contributed by atoms with Gasteiger partial charge in [0.05, 0.1) is 11.8 Å². The number of rotatable bonds is 3. The lowest BCUT2D eigenvalue weighted by Gasteiger charge is -2.11. The maximum absolute atomic E-state index is 13.1. The molecule has 0 amide bonds. The van der Waals surface area contributed by atoms with Gasteiger partial charge in [0.15, 0.2) is 0 Å². The van der Waals surface area contributed by atoms with Crippen LogP contribution in [0.25, 0.3) is 0 Å². The van der Waals surface area contributed by atoms with Gasteiger partial charge in [-0.05, 0) is 30.7 Å². The summed E-state index contributed by atoms with van der Waals surface area (Å²) in [6.07, 6.45) is 1.29. The molecule has 0 saturated carbocycles. The second-order valence-corrected chi connectivity index (χ2v) is 4.71. The van der Waals surface area contributed by atoms with E-state index in [0.717, 1.165) is 11.3 Å². The van der Waals surface area contributed by atoms with Crippen LogP contribution in [0.2, 0.25) is 5.02 Å². The van der Waals surface area contributed by atoms with Gasteiger partial charge >= 0.3 is 0 Å². The molecule has 1 atom stereocenters. The molecule has 1 aromatic carbocycles. The van der Waals surface area contributed by atoms with Crippen molar-refractivity contribution in [2.24, 2.45) is 7.05 Å². The number of hydrogen-bond donors (Lipinski definition) is 1. The third kappa shape index (κ3) is 2.71. The molecule has 0 spiro atoms. The molecule has 96 valence electrons. The second kappa shape index (κ2) is 5.08. The fraction of sp³-hybridized carbons (Fsp3) is 0.308. The van der Waals surface area contributed by atoms with E-state index in [1.807, 2.05) is 6.92 Å². The Morgan fingerprint density at radius 1 is 1.50 bits per heavy atom. The van der Waals surface area contributed by atoms with Crippen LogP contribution in [-0.2, 0) is 13.5 Å². The molecule has 1 N–H and O–H groups in total. The predicted molar refractivity (Wildman–Crippen MR) is 68.0 cm³/mol. The quantitative estimate of drug-likeness (QED) is 0.930. The standard InChI is InChI=1S/C13H14ClFN2O/c1-8-11(7-17(2)16-8)13(18)6-9-5-10(15)3-4-12(9)14/h3-5,7,13,18H,6H2,1-2H3. The monoisotopic (exact) mass is 268 g/mol. The van der Waals surface area contributed by atoms with Crippen molar-refractivity contribution in [3.05, 3.63) is 52.1 Å². The Bertz CT molecular complexity index is 568. The minimum atomic E-state index is -0.738. The topological polar surface area (TPSA) is 38.0 Å². The van der Waals surface area contributed by atoms with E-state index in [2.05, 4.69) is 5.10 Å². The van der Waals surface area contributed by atoms with Crippen LogP contribution < -0.4 is 0 Å². The molecule has 0 aliphatic rings. The lowest BCUT2D eigenvalue weighted by molar-refractivity contribution is 0.177. The van der Waals surface area contributed by atoms with E-state index in [1.54, 1.807) is 17.9 Å². The first-order valence-corrected chi connectivity index (χ1v) is 5.97.